The molecule has 5 aromatic rings. The van der Waals surface area contributed by atoms with E-state index in [0.29, 0.717) is 28.9 Å². The molecule has 8 heteroatoms. The molecule has 0 fully saturated rings. The van der Waals surface area contributed by atoms with Crippen LogP contribution in [0.4, 0.5) is 16.2 Å². The molecule has 0 bridgehead atoms. The number of carbonyl (C=O) groups is 1. The lowest BCUT2D eigenvalue weighted by Gasteiger charge is -2.24. The number of hydrogen-bond acceptors (Lipinski definition) is 5. The quantitative estimate of drug-likeness (QED) is 0.130. The first-order valence-corrected chi connectivity index (χ1v) is 16.7. The SMILES string of the molecule is CC(C)(C)c1cc(NC(=O)Nc2ccc(Oc3ccnc(Cc4ccccc4)c3)c3ccccc23)c(O)c(P(C)(C)=O)c1. The van der Waals surface area contributed by atoms with Gasteiger partial charge in [-0.25, -0.2) is 4.79 Å². The van der Waals surface area contributed by atoms with E-state index in [0.717, 1.165) is 22.0 Å². The van der Waals surface area contributed by atoms with Crippen molar-refractivity contribution in [2.24, 2.45) is 0 Å². The summed E-state index contributed by atoms with van der Waals surface area (Å²) in [5.74, 6) is 1.12. The Labute approximate surface area is 252 Å². The lowest BCUT2D eigenvalue weighted by atomic mass is 9.86. The average molecular weight is 594 g/mol. The summed E-state index contributed by atoms with van der Waals surface area (Å²) in [6.07, 6.45) is 2.43. The Balaban J connectivity index is 1.39. The van der Waals surface area contributed by atoms with Crippen molar-refractivity contribution >= 4 is 40.6 Å². The number of urea groups is 1. The van der Waals surface area contributed by atoms with Gasteiger partial charge < -0.3 is 25.0 Å². The first-order valence-electron chi connectivity index (χ1n) is 14.1. The molecule has 0 radical (unpaired) electrons. The van der Waals surface area contributed by atoms with Gasteiger partial charge in [0.1, 0.15) is 24.4 Å². The second kappa shape index (κ2) is 11.9. The van der Waals surface area contributed by atoms with Crippen LogP contribution in [0.5, 0.6) is 17.2 Å². The Hall–Kier alpha value is -4.61. The van der Waals surface area contributed by atoms with Crippen LogP contribution in [-0.2, 0) is 16.4 Å². The highest BCUT2D eigenvalue weighted by Crippen LogP contribution is 2.43. The maximum Gasteiger partial charge on any atom is 0.323 e. The van der Waals surface area contributed by atoms with Crippen LogP contribution < -0.4 is 20.7 Å². The number of aromatic hydroxyl groups is 1. The zero-order valence-electron chi connectivity index (χ0n) is 25.0. The largest absolute Gasteiger partial charge is 0.505 e. The lowest BCUT2D eigenvalue weighted by Crippen LogP contribution is -2.22. The number of aromatic nitrogens is 1. The number of rotatable bonds is 7. The Morgan fingerprint density at radius 2 is 1.53 bits per heavy atom. The minimum absolute atomic E-state index is 0.186. The Bertz CT molecular complexity index is 1840. The first-order chi connectivity index (χ1) is 20.4. The van der Waals surface area contributed by atoms with Crippen LogP contribution in [0.1, 0.15) is 37.6 Å². The van der Waals surface area contributed by atoms with Gasteiger partial charge in [-0.1, -0.05) is 75.4 Å². The Morgan fingerprint density at radius 3 is 2.23 bits per heavy atom. The van der Waals surface area contributed by atoms with Gasteiger partial charge >= 0.3 is 6.03 Å². The summed E-state index contributed by atoms with van der Waals surface area (Å²) < 4.78 is 19.3. The highest BCUT2D eigenvalue weighted by molar-refractivity contribution is 7.70. The molecule has 0 aliphatic heterocycles. The van der Waals surface area contributed by atoms with E-state index in [2.05, 4.69) is 27.8 Å². The van der Waals surface area contributed by atoms with Gasteiger partial charge in [-0.15, -0.1) is 0 Å². The zero-order valence-corrected chi connectivity index (χ0v) is 25.9. The number of carbonyl (C=O) groups excluding carboxylic acids is 1. The normalized spacial score (nSPS) is 11.7. The fourth-order valence-electron chi connectivity index (χ4n) is 4.85. The molecule has 3 N–H and O–H groups in total. The lowest BCUT2D eigenvalue weighted by molar-refractivity contribution is 0.262. The molecule has 43 heavy (non-hydrogen) atoms. The van der Waals surface area contributed by atoms with Gasteiger partial charge in [0.25, 0.3) is 0 Å². The van der Waals surface area contributed by atoms with E-state index in [-0.39, 0.29) is 16.9 Å². The Kier molecular flexibility index (Phi) is 8.30. The van der Waals surface area contributed by atoms with E-state index in [1.165, 1.54) is 5.56 Å². The van der Waals surface area contributed by atoms with Gasteiger partial charge in [-0.3, -0.25) is 4.98 Å². The molecule has 220 valence electrons. The third-order valence-corrected chi connectivity index (χ3v) is 8.66. The molecule has 0 spiro atoms. The number of phenols is 1. The number of ether oxygens (including phenoxy) is 1. The van der Waals surface area contributed by atoms with Crippen molar-refractivity contribution in [2.45, 2.75) is 32.6 Å². The highest BCUT2D eigenvalue weighted by Gasteiger charge is 2.25. The standard InChI is InChI=1S/C35H36N3O4P/c1-35(2,3)24-20-30(33(39)32(21-24)43(4,5)41)38-34(40)37-29-15-16-31(28-14-10-9-13-27(28)29)42-26-17-18-36-25(22-26)19-23-11-7-6-8-12-23/h6-18,20-22,39H,19H2,1-5H3,(H2,37,38,40). The summed E-state index contributed by atoms with van der Waals surface area (Å²) in [6, 6.07) is 28.1. The summed E-state index contributed by atoms with van der Waals surface area (Å²) in [5, 5.41) is 18.6. The molecule has 0 aliphatic carbocycles. The number of pyridine rings is 1. The van der Waals surface area contributed by atoms with Crippen LogP contribution in [0.25, 0.3) is 10.8 Å². The van der Waals surface area contributed by atoms with Crippen LogP contribution in [-0.4, -0.2) is 29.5 Å². The molecule has 5 rings (SSSR count). The third-order valence-electron chi connectivity index (χ3n) is 7.16. The van der Waals surface area contributed by atoms with Gasteiger partial charge in [-0.2, -0.15) is 0 Å². The molecule has 1 heterocycles. The fraction of sp³-hybridized carbons (Fsp3) is 0.200. The van der Waals surface area contributed by atoms with Crippen LogP contribution in [0.2, 0.25) is 0 Å². The van der Waals surface area contributed by atoms with Crippen molar-refractivity contribution in [3.05, 3.63) is 114 Å². The molecule has 0 unspecified atom stereocenters. The second-order valence-electron chi connectivity index (χ2n) is 12.0. The minimum Gasteiger partial charge on any atom is -0.505 e. The van der Waals surface area contributed by atoms with Crippen molar-refractivity contribution in [3.8, 4) is 17.2 Å². The molecule has 7 nitrogen and oxygen atoms in total. The van der Waals surface area contributed by atoms with Crippen LogP contribution in [0, 0.1) is 0 Å². The van der Waals surface area contributed by atoms with Gasteiger partial charge in [0.15, 0.2) is 0 Å². The molecule has 0 saturated carbocycles. The molecule has 2 amide bonds. The maximum atomic E-state index is 13.2. The molecule has 0 saturated heterocycles. The van der Waals surface area contributed by atoms with Crippen LogP contribution in [0.15, 0.2) is 97.2 Å². The van der Waals surface area contributed by atoms with Crippen LogP contribution in [0.3, 0.4) is 0 Å². The van der Waals surface area contributed by atoms with Gasteiger partial charge in [0.05, 0.1) is 16.7 Å². The third kappa shape index (κ3) is 7.07. The van der Waals surface area contributed by atoms with Gasteiger partial charge in [0, 0.05) is 35.2 Å². The van der Waals surface area contributed by atoms with Crippen molar-refractivity contribution in [3.63, 3.8) is 0 Å². The molecule has 0 aliphatic rings. The zero-order chi connectivity index (χ0) is 30.8. The number of fused-ring (bicyclic) bond motifs is 1. The van der Waals surface area contributed by atoms with E-state index in [9.17, 15) is 14.5 Å². The summed E-state index contributed by atoms with van der Waals surface area (Å²) >= 11 is 0. The number of benzene rings is 4. The number of phenolic OH excluding ortho intramolecular Hbond substituents is 1. The number of amides is 2. The van der Waals surface area contributed by atoms with Crippen LogP contribution >= 0.6 is 7.14 Å². The van der Waals surface area contributed by atoms with Gasteiger partial charge in [-0.05, 0) is 60.2 Å². The van der Waals surface area contributed by atoms with Crippen molar-refractivity contribution in [2.75, 3.05) is 24.0 Å². The summed E-state index contributed by atoms with van der Waals surface area (Å²) in [7, 11) is -2.82. The topological polar surface area (TPSA) is 101 Å². The predicted molar refractivity (Wildman–Crippen MR) is 176 cm³/mol. The number of hydrogen-bond donors (Lipinski definition) is 3. The van der Waals surface area contributed by atoms with Crippen molar-refractivity contribution < 1.29 is 19.2 Å². The highest BCUT2D eigenvalue weighted by atomic mass is 31.2. The van der Waals surface area contributed by atoms with Crippen molar-refractivity contribution in [1.29, 1.82) is 0 Å². The number of nitrogens with one attached hydrogen (secondary N) is 2. The monoisotopic (exact) mass is 593 g/mol. The molecule has 1 aromatic heterocycles. The van der Waals surface area contributed by atoms with E-state index >= 15 is 0 Å². The molecular weight excluding hydrogens is 557 g/mol. The minimum atomic E-state index is -2.82. The summed E-state index contributed by atoms with van der Waals surface area (Å²) in [4.78, 5) is 17.7. The smallest absolute Gasteiger partial charge is 0.323 e. The number of nitrogens with zero attached hydrogens (tertiary/aromatic N) is 1. The van der Waals surface area contributed by atoms with E-state index in [1.54, 1.807) is 37.7 Å². The molecule has 4 aromatic carbocycles. The van der Waals surface area contributed by atoms with E-state index in [1.807, 2.05) is 81.4 Å². The Morgan fingerprint density at radius 1 is 0.860 bits per heavy atom. The van der Waals surface area contributed by atoms with E-state index in [4.69, 9.17) is 4.74 Å². The van der Waals surface area contributed by atoms with Gasteiger partial charge in [0.2, 0.25) is 0 Å². The second-order valence-corrected chi connectivity index (χ2v) is 15.2. The maximum absolute atomic E-state index is 13.2. The number of anilines is 2. The molecule has 0 atom stereocenters. The predicted octanol–water partition coefficient (Wildman–Crippen LogP) is 8.51. The van der Waals surface area contributed by atoms with E-state index < -0.39 is 13.2 Å². The van der Waals surface area contributed by atoms with Crippen molar-refractivity contribution in [1.82, 2.24) is 4.98 Å². The fourth-order valence-corrected chi connectivity index (χ4v) is 5.93. The summed E-state index contributed by atoms with van der Waals surface area (Å²) in [5.41, 5.74) is 3.41. The summed E-state index contributed by atoms with van der Waals surface area (Å²) in [6.45, 7) is 9.27. The first kappa shape index (κ1) is 29.9. The molecular formula is C35H36N3O4P. The average Bonchev–Trinajstić information content (AvgIpc) is 2.95.